The van der Waals surface area contributed by atoms with Crippen molar-refractivity contribution in [3.63, 3.8) is 0 Å². The number of aromatic hydroxyl groups is 1. The lowest BCUT2D eigenvalue weighted by atomic mass is 10.1. The number of aryl methyl sites for hydroxylation is 1. The maximum Gasteiger partial charge on any atom is 0.311 e. The summed E-state index contributed by atoms with van der Waals surface area (Å²) in [6.07, 6.45) is 3.68. The smallest absolute Gasteiger partial charge is 0.311 e. The molecule has 0 aliphatic rings. The first-order valence-electron chi connectivity index (χ1n) is 7.09. The van der Waals surface area contributed by atoms with E-state index in [4.69, 9.17) is 0 Å². The van der Waals surface area contributed by atoms with E-state index in [1.54, 1.807) is 12.1 Å². The van der Waals surface area contributed by atoms with Crippen LogP contribution in [0, 0.1) is 10.1 Å². The molecule has 0 radical (unpaired) electrons. The van der Waals surface area contributed by atoms with Crippen LogP contribution in [0.15, 0.2) is 54.6 Å². The molecule has 0 bridgehead atoms. The van der Waals surface area contributed by atoms with Crippen molar-refractivity contribution in [3.05, 3.63) is 76.0 Å². The summed E-state index contributed by atoms with van der Waals surface area (Å²) in [5.74, 6) is -0.330. The Labute approximate surface area is 132 Å². The number of benzene rings is 2. The highest BCUT2D eigenvalue weighted by Crippen LogP contribution is 2.27. The minimum absolute atomic E-state index is 0.296. The molecule has 0 unspecified atom stereocenters. The fourth-order valence-corrected chi connectivity index (χ4v) is 2.50. The standard InChI is InChI=1S/C18H14N2O3/c1-19-15(10-8-14-4-2-3-5-16(14)19)9-6-13-7-11-18(21)17(12-13)20(22)23/h2-12H,1H3/p+1. The molecule has 114 valence electrons. The minimum atomic E-state index is -0.595. The highest BCUT2D eigenvalue weighted by molar-refractivity contribution is 5.77. The van der Waals surface area contributed by atoms with Gasteiger partial charge in [0.05, 0.1) is 4.92 Å². The van der Waals surface area contributed by atoms with Crippen molar-refractivity contribution < 1.29 is 14.6 Å². The van der Waals surface area contributed by atoms with Crippen molar-refractivity contribution in [2.24, 2.45) is 7.05 Å². The van der Waals surface area contributed by atoms with Crippen LogP contribution in [0.25, 0.3) is 23.1 Å². The third kappa shape index (κ3) is 2.89. The van der Waals surface area contributed by atoms with Gasteiger partial charge in [0.1, 0.15) is 7.05 Å². The average Bonchev–Trinajstić information content (AvgIpc) is 2.55. The van der Waals surface area contributed by atoms with E-state index in [1.807, 2.05) is 49.5 Å². The fourth-order valence-electron chi connectivity index (χ4n) is 2.50. The quantitative estimate of drug-likeness (QED) is 0.458. The summed E-state index contributed by atoms with van der Waals surface area (Å²) >= 11 is 0. The topological polar surface area (TPSA) is 67.2 Å². The van der Waals surface area contributed by atoms with Gasteiger partial charge in [-0.1, -0.05) is 18.2 Å². The molecule has 0 atom stereocenters. The summed E-state index contributed by atoms with van der Waals surface area (Å²) in [4.78, 5) is 10.3. The highest BCUT2D eigenvalue weighted by atomic mass is 16.6. The SMILES string of the molecule is C[n+]1c(/C=C/c2ccc(O)c([N+](=O)[O-])c2)ccc2ccccc21. The van der Waals surface area contributed by atoms with Crippen molar-refractivity contribution >= 4 is 28.7 Å². The first kappa shape index (κ1) is 14.7. The Balaban J connectivity index is 1.99. The molecule has 3 aromatic rings. The Morgan fingerprint density at radius 3 is 2.65 bits per heavy atom. The Bertz CT molecular complexity index is 933. The lowest BCUT2D eigenvalue weighted by molar-refractivity contribution is -0.646. The van der Waals surface area contributed by atoms with Crippen LogP contribution in [-0.4, -0.2) is 10.0 Å². The van der Waals surface area contributed by atoms with Gasteiger partial charge in [0.2, 0.25) is 11.2 Å². The highest BCUT2D eigenvalue weighted by Gasteiger charge is 2.13. The molecule has 1 heterocycles. The second kappa shape index (κ2) is 5.88. The predicted octanol–water partition coefficient (Wildman–Crippen LogP) is 3.45. The van der Waals surface area contributed by atoms with Gasteiger partial charge in [-0.15, -0.1) is 0 Å². The number of hydrogen-bond donors (Lipinski definition) is 1. The molecule has 0 saturated heterocycles. The summed E-state index contributed by atoms with van der Waals surface area (Å²) in [6.45, 7) is 0. The number of phenolic OH excluding ortho intramolecular Hbond substituents is 1. The molecule has 5 heteroatoms. The normalized spacial score (nSPS) is 11.2. The van der Waals surface area contributed by atoms with E-state index in [-0.39, 0.29) is 11.4 Å². The zero-order chi connectivity index (χ0) is 16.4. The van der Waals surface area contributed by atoms with Crippen LogP contribution >= 0.6 is 0 Å². The van der Waals surface area contributed by atoms with Gasteiger partial charge in [0, 0.05) is 29.7 Å². The van der Waals surface area contributed by atoms with E-state index in [0.717, 1.165) is 16.6 Å². The number of nitro benzene ring substituents is 1. The van der Waals surface area contributed by atoms with Crippen molar-refractivity contribution in [1.82, 2.24) is 0 Å². The number of fused-ring (bicyclic) bond motifs is 1. The first-order valence-corrected chi connectivity index (χ1v) is 7.09. The Morgan fingerprint density at radius 2 is 1.87 bits per heavy atom. The molecule has 0 aliphatic heterocycles. The fraction of sp³-hybridized carbons (Fsp3) is 0.0556. The van der Waals surface area contributed by atoms with Gasteiger partial charge in [-0.3, -0.25) is 10.1 Å². The van der Waals surface area contributed by atoms with E-state index in [2.05, 4.69) is 4.57 Å². The second-order valence-corrected chi connectivity index (χ2v) is 5.21. The van der Waals surface area contributed by atoms with Crippen LogP contribution in [0.2, 0.25) is 0 Å². The van der Waals surface area contributed by atoms with Crippen LogP contribution < -0.4 is 4.57 Å². The molecule has 0 amide bonds. The van der Waals surface area contributed by atoms with Crippen molar-refractivity contribution in [2.75, 3.05) is 0 Å². The molecular formula is C18H15N2O3+. The lowest BCUT2D eigenvalue weighted by Gasteiger charge is -2.00. The number of pyridine rings is 1. The zero-order valence-corrected chi connectivity index (χ0v) is 12.5. The summed E-state index contributed by atoms with van der Waals surface area (Å²) in [5.41, 5.74) is 2.43. The van der Waals surface area contributed by atoms with Crippen LogP contribution in [0.3, 0.4) is 0 Å². The maximum absolute atomic E-state index is 10.9. The van der Waals surface area contributed by atoms with Gasteiger partial charge in [-0.2, -0.15) is 4.57 Å². The summed E-state index contributed by atoms with van der Waals surface area (Å²) < 4.78 is 2.06. The third-order valence-corrected chi connectivity index (χ3v) is 3.76. The van der Waals surface area contributed by atoms with E-state index < -0.39 is 4.92 Å². The van der Waals surface area contributed by atoms with Gasteiger partial charge >= 0.3 is 5.69 Å². The molecule has 0 saturated carbocycles. The third-order valence-electron chi connectivity index (χ3n) is 3.76. The molecular weight excluding hydrogens is 292 g/mol. The number of nitrogens with zero attached hydrogens (tertiary/aromatic N) is 2. The van der Waals surface area contributed by atoms with E-state index in [9.17, 15) is 15.2 Å². The Hall–Kier alpha value is -3.21. The van der Waals surface area contributed by atoms with Crippen LogP contribution in [-0.2, 0) is 7.05 Å². The molecule has 0 aliphatic carbocycles. The lowest BCUT2D eigenvalue weighted by Crippen LogP contribution is -2.32. The van der Waals surface area contributed by atoms with Gasteiger partial charge < -0.3 is 5.11 Å². The maximum atomic E-state index is 10.9. The monoisotopic (exact) mass is 307 g/mol. The van der Waals surface area contributed by atoms with Crippen LogP contribution in [0.1, 0.15) is 11.3 Å². The minimum Gasteiger partial charge on any atom is -0.502 e. The molecule has 2 aromatic carbocycles. The number of hydrogen-bond acceptors (Lipinski definition) is 3. The Morgan fingerprint density at radius 1 is 1.09 bits per heavy atom. The summed E-state index contributed by atoms with van der Waals surface area (Å²) in [5, 5.41) is 21.5. The average molecular weight is 307 g/mol. The van der Waals surface area contributed by atoms with Crippen LogP contribution in [0.4, 0.5) is 5.69 Å². The molecule has 0 spiro atoms. The van der Waals surface area contributed by atoms with Gasteiger partial charge in [-0.25, -0.2) is 0 Å². The van der Waals surface area contributed by atoms with Gasteiger partial charge in [0.25, 0.3) is 0 Å². The van der Waals surface area contributed by atoms with Gasteiger partial charge in [0.15, 0.2) is 5.75 Å². The van der Waals surface area contributed by atoms with Gasteiger partial charge in [-0.05, 0) is 29.8 Å². The summed E-state index contributed by atoms with van der Waals surface area (Å²) in [7, 11) is 1.97. The van der Waals surface area contributed by atoms with Crippen molar-refractivity contribution in [2.45, 2.75) is 0 Å². The predicted molar refractivity (Wildman–Crippen MR) is 88.8 cm³/mol. The van der Waals surface area contributed by atoms with Crippen molar-refractivity contribution in [3.8, 4) is 5.75 Å². The van der Waals surface area contributed by atoms with E-state index in [0.29, 0.717) is 5.56 Å². The van der Waals surface area contributed by atoms with E-state index in [1.165, 1.54) is 12.1 Å². The molecule has 0 fully saturated rings. The number of aromatic nitrogens is 1. The number of para-hydroxylation sites is 1. The number of rotatable bonds is 3. The molecule has 1 aromatic heterocycles. The van der Waals surface area contributed by atoms with Crippen LogP contribution in [0.5, 0.6) is 5.75 Å². The van der Waals surface area contributed by atoms with E-state index >= 15 is 0 Å². The second-order valence-electron chi connectivity index (χ2n) is 5.21. The largest absolute Gasteiger partial charge is 0.502 e. The number of phenols is 1. The zero-order valence-electron chi connectivity index (χ0n) is 12.5. The van der Waals surface area contributed by atoms with Crippen molar-refractivity contribution in [1.29, 1.82) is 0 Å². The first-order chi connectivity index (χ1) is 11.1. The molecule has 23 heavy (non-hydrogen) atoms. The molecule has 3 rings (SSSR count). The summed E-state index contributed by atoms with van der Waals surface area (Å²) in [6, 6.07) is 16.4. The number of nitro groups is 1. The molecule has 5 nitrogen and oxygen atoms in total. The molecule has 1 N–H and O–H groups in total. The Kier molecular flexibility index (Phi) is 3.76.